The first-order chi connectivity index (χ1) is 10.0. The van der Waals surface area contributed by atoms with Gasteiger partial charge in [-0.15, -0.1) is 0 Å². The summed E-state index contributed by atoms with van der Waals surface area (Å²) in [6.07, 6.45) is 0. The Kier molecular flexibility index (Phi) is 5.04. The molecule has 0 bridgehead atoms. The second kappa shape index (κ2) is 6.78. The number of methoxy groups -OCH3 is 1. The lowest BCUT2D eigenvalue weighted by atomic mass is 10.1. The molecular formula is C16H17ClFNO2. The van der Waals surface area contributed by atoms with Crippen LogP contribution in [0, 0.1) is 12.7 Å². The van der Waals surface area contributed by atoms with E-state index in [-0.39, 0.29) is 12.4 Å². The van der Waals surface area contributed by atoms with Crippen LogP contribution in [-0.4, -0.2) is 13.7 Å². The third-order valence-electron chi connectivity index (χ3n) is 3.17. The molecule has 0 saturated heterocycles. The lowest BCUT2D eigenvalue weighted by Gasteiger charge is -2.16. The summed E-state index contributed by atoms with van der Waals surface area (Å²) in [7, 11) is 1.42. The van der Waals surface area contributed by atoms with Gasteiger partial charge in [-0.1, -0.05) is 23.7 Å². The van der Waals surface area contributed by atoms with Gasteiger partial charge in [-0.05, 0) is 42.3 Å². The van der Waals surface area contributed by atoms with Crippen molar-refractivity contribution >= 4 is 11.6 Å². The lowest BCUT2D eigenvalue weighted by Crippen LogP contribution is -2.19. The molecule has 21 heavy (non-hydrogen) atoms. The molecular weight excluding hydrogens is 293 g/mol. The molecule has 0 spiro atoms. The highest BCUT2D eigenvalue weighted by atomic mass is 35.5. The third kappa shape index (κ3) is 3.86. The van der Waals surface area contributed by atoms with Gasteiger partial charge in [-0.25, -0.2) is 4.39 Å². The molecule has 1 unspecified atom stereocenters. The predicted molar refractivity (Wildman–Crippen MR) is 81.6 cm³/mol. The lowest BCUT2D eigenvalue weighted by molar-refractivity contribution is 0.288. The van der Waals surface area contributed by atoms with Gasteiger partial charge in [-0.2, -0.15) is 0 Å². The van der Waals surface area contributed by atoms with Gasteiger partial charge in [0, 0.05) is 5.02 Å². The summed E-state index contributed by atoms with van der Waals surface area (Å²) in [6.45, 7) is 2.15. The number of halogens is 2. The average molecular weight is 310 g/mol. The summed E-state index contributed by atoms with van der Waals surface area (Å²) in [6, 6.07) is 9.59. The maximum Gasteiger partial charge on any atom is 0.165 e. The van der Waals surface area contributed by atoms with Crippen molar-refractivity contribution in [3.63, 3.8) is 0 Å². The van der Waals surface area contributed by atoms with Crippen LogP contribution in [0.5, 0.6) is 11.5 Å². The normalized spacial score (nSPS) is 12.0. The van der Waals surface area contributed by atoms with E-state index in [1.54, 1.807) is 24.3 Å². The van der Waals surface area contributed by atoms with Crippen LogP contribution in [0.4, 0.5) is 4.39 Å². The maximum atomic E-state index is 13.7. The molecule has 0 radical (unpaired) electrons. The Bertz CT molecular complexity index is 634. The minimum absolute atomic E-state index is 0.192. The van der Waals surface area contributed by atoms with Gasteiger partial charge < -0.3 is 15.2 Å². The second-order valence-electron chi connectivity index (χ2n) is 4.72. The summed E-state index contributed by atoms with van der Waals surface area (Å²) in [5.74, 6) is 0.425. The molecule has 0 amide bonds. The van der Waals surface area contributed by atoms with Gasteiger partial charge in [0.15, 0.2) is 11.6 Å². The Labute approximate surface area is 128 Å². The summed E-state index contributed by atoms with van der Waals surface area (Å²) in [4.78, 5) is 0. The molecule has 0 aliphatic carbocycles. The minimum Gasteiger partial charge on any atom is -0.494 e. The fraction of sp³-hybridized carbons (Fsp3) is 0.250. The van der Waals surface area contributed by atoms with Crippen molar-refractivity contribution in [3.05, 3.63) is 58.4 Å². The second-order valence-corrected chi connectivity index (χ2v) is 5.16. The first-order valence-corrected chi connectivity index (χ1v) is 6.87. The Morgan fingerprint density at radius 1 is 1.19 bits per heavy atom. The fourth-order valence-corrected chi connectivity index (χ4v) is 2.08. The van der Waals surface area contributed by atoms with E-state index >= 15 is 0 Å². The predicted octanol–water partition coefficient (Wildman–Crippen LogP) is 3.87. The van der Waals surface area contributed by atoms with Crippen LogP contribution < -0.4 is 15.2 Å². The Hall–Kier alpha value is -1.78. The highest BCUT2D eigenvalue weighted by molar-refractivity contribution is 6.30. The topological polar surface area (TPSA) is 44.5 Å². The Balaban J connectivity index is 2.06. The van der Waals surface area contributed by atoms with E-state index < -0.39 is 11.9 Å². The maximum absolute atomic E-state index is 13.7. The fourth-order valence-electron chi connectivity index (χ4n) is 1.92. The molecule has 5 heteroatoms. The van der Waals surface area contributed by atoms with Crippen LogP contribution in [0.1, 0.15) is 17.2 Å². The van der Waals surface area contributed by atoms with Crippen LogP contribution in [-0.2, 0) is 0 Å². The zero-order valence-corrected chi connectivity index (χ0v) is 12.7. The van der Waals surface area contributed by atoms with Crippen molar-refractivity contribution in [2.24, 2.45) is 5.73 Å². The molecule has 2 aromatic rings. The van der Waals surface area contributed by atoms with Crippen molar-refractivity contribution in [1.82, 2.24) is 0 Å². The molecule has 0 heterocycles. The number of nitrogens with two attached hydrogens (primary N) is 1. The van der Waals surface area contributed by atoms with Crippen molar-refractivity contribution in [2.75, 3.05) is 13.7 Å². The quantitative estimate of drug-likeness (QED) is 0.911. The van der Waals surface area contributed by atoms with Gasteiger partial charge >= 0.3 is 0 Å². The summed E-state index contributed by atoms with van der Waals surface area (Å²) in [5, 5.41) is 0.597. The number of hydrogen-bond donors (Lipinski definition) is 1. The number of ether oxygens (including phenoxy) is 2. The molecule has 0 aliphatic heterocycles. The van der Waals surface area contributed by atoms with Gasteiger partial charge in [0.25, 0.3) is 0 Å². The largest absolute Gasteiger partial charge is 0.494 e. The molecule has 3 nitrogen and oxygen atoms in total. The van der Waals surface area contributed by atoms with Crippen LogP contribution in [0.2, 0.25) is 5.02 Å². The molecule has 0 aromatic heterocycles. The van der Waals surface area contributed by atoms with E-state index in [4.69, 9.17) is 26.8 Å². The van der Waals surface area contributed by atoms with E-state index in [0.29, 0.717) is 16.3 Å². The standard InChI is InChI=1S/C16H17ClFNO2/c1-10-3-5-12(17)8-16(10)21-9-14(19)11-4-6-15(20-2)13(18)7-11/h3-8,14H,9,19H2,1-2H3. The average Bonchev–Trinajstić information content (AvgIpc) is 2.47. The van der Waals surface area contributed by atoms with E-state index in [1.807, 2.05) is 13.0 Å². The molecule has 0 aliphatic rings. The number of benzene rings is 2. The Morgan fingerprint density at radius 2 is 1.95 bits per heavy atom. The minimum atomic E-state index is -0.441. The molecule has 2 N–H and O–H groups in total. The van der Waals surface area contributed by atoms with E-state index in [1.165, 1.54) is 13.2 Å². The zero-order valence-electron chi connectivity index (χ0n) is 11.9. The van der Waals surface area contributed by atoms with Crippen LogP contribution >= 0.6 is 11.6 Å². The van der Waals surface area contributed by atoms with Crippen LogP contribution in [0.3, 0.4) is 0 Å². The Morgan fingerprint density at radius 3 is 2.62 bits per heavy atom. The highest BCUT2D eigenvalue weighted by Crippen LogP contribution is 2.25. The first kappa shape index (κ1) is 15.6. The molecule has 2 rings (SSSR count). The molecule has 112 valence electrons. The number of rotatable bonds is 5. The van der Waals surface area contributed by atoms with Crippen molar-refractivity contribution in [2.45, 2.75) is 13.0 Å². The van der Waals surface area contributed by atoms with Gasteiger partial charge in [-0.3, -0.25) is 0 Å². The third-order valence-corrected chi connectivity index (χ3v) is 3.41. The first-order valence-electron chi connectivity index (χ1n) is 6.49. The molecule has 0 saturated carbocycles. The molecule has 1 atom stereocenters. The van der Waals surface area contributed by atoms with Gasteiger partial charge in [0.2, 0.25) is 0 Å². The van der Waals surface area contributed by atoms with Crippen molar-refractivity contribution < 1.29 is 13.9 Å². The summed E-state index contributed by atoms with van der Waals surface area (Å²) >= 11 is 5.93. The summed E-state index contributed by atoms with van der Waals surface area (Å²) < 4.78 is 24.2. The van der Waals surface area contributed by atoms with E-state index in [2.05, 4.69) is 0 Å². The van der Waals surface area contributed by atoms with Crippen LogP contribution in [0.15, 0.2) is 36.4 Å². The molecule has 0 fully saturated rings. The number of hydrogen-bond acceptors (Lipinski definition) is 3. The molecule has 2 aromatic carbocycles. The van der Waals surface area contributed by atoms with E-state index in [9.17, 15) is 4.39 Å². The van der Waals surface area contributed by atoms with Crippen molar-refractivity contribution in [1.29, 1.82) is 0 Å². The summed E-state index contributed by atoms with van der Waals surface area (Å²) in [5.41, 5.74) is 7.64. The van der Waals surface area contributed by atoms with Crippen LogP contribution in [0.25, 0.3) is 0 Å². The smallest absolute Gasteiger partial charge is 0.165 e. The number of aryl methyl sites for hydroxylation is 1. The van der Waals surface area contributed by atoms with E-state index in [0.717, 1.165) is 5.56 Å². The highest BCUT2D eigenvalue weighted by Gasteiger charge is 2.11. The SMILES string of the molecule is COc1ccc(C(N)COc2cc(Cl)ccc2C)cc1F. The van der Waals surface area contributed by atoms with Gasteiger partial charge in [0.1, 0.15) is 12.4 Å². The monoisotopic (exact) mass is 309 g/mol. The van der Waals surface area contributed by atoms with Gasteiger partial charge in [0.05, 0.1) is 13.2 Å². The van der Waals surface area contributed by atoms with Crippen molar-refractivity contribution in [3.8, 4) is 11.5 Å². The zero-order chi connectivity index (χ0) is 15.4.